The molecule has 0 saturated heterocycles. The van der Waals surface area contributed by atoms with Gasteiger partial charge >= 0.3 is 6.61 Å². The van der Waals surface area contributed by atoms with Gasteiger partial charge in [0, 0.05) is 5.39 Å². The number of aryl methyl sites for hydroxylation is 1. The van der Waals surface area contributed by atoms with E-state index in [1.807, 2.05) is 6.92 Å². The lowest BCUT2D eigenvalue weighted by Gasteiger charge is -2.10. The van der Waals surface area contributed by atoms with Crippen LogP contribution >= 0.6 is 11.3 Å². The SMILES string of the molecule is Cc1nn(-c2ccc(F)cc2)c2sc(C(=O)Nc3ccccc3OC(F)F)cc12. The van der Waals surface area contributed by atoms with Gasteiger partial charge in [0.2, 0.25) is 0 Å². The lowest BCUT2D eigenvalue weighted by atomic mass is 10.2. The zero-order valence-corrected chi connectivity index (χ0v) is 15.8. The summed E-state index contributed by atoms with van der Waals surface area (Å²) in [6.07, 6.45) is 0. The van der Waals surface area contributed by atoms with E-state index in [1.165, 1.54) is 41.7 Å². The molecule has 148 valence electrons. The molecule has 0 unspecified atom stereocenters. The normalized spacial score (nSPS) is 11.2. The van der Waals surface area contributed by atoms with E-state index in [2.05, 4.69) is 15.2 Å². The van der Waals surface area contributed by atoms with Gasteiger partial charge < -0.3 is 10.1 Å². The standard InChI is InChI=1S/C20H14F3N3O2S/c1-11-14-10-17(18(27)24-15-4-2-3-5-16(15)28-20(22)23)29-19(14)26(25-11)13-8-6-12(21)7-9-13/h2-10,20H,1H3,(H,24,27). The highest BCUT2D eigenvalue weighted by Gasteiger charge is 2.19. The summed E-state index contributed by atoms with van der Waals surface area (Å²) in [7, 11) is 0. The van der Waals surface area contributed by atoms with Crippen molar-refractivity contribution in [2.75, 3.05) is 5.32 Å². The molecule has 4 rings (SSSR count). The fourth-order valence-corrected chi connectivity index (χ4v) is 3.95. The first-order chi connectivity index (χ1) is 13.9. The summed E-state index contributed by atoms with van der Waals surface area (Å²) in [5.41, 5.74) is 1.52. The van der Waals surface area contributed by atoms with Crippen LogP contribution in [0.15, 0.2) is 54.6 Å². The van der Waals surface area contributed by atoms with Crippen molar-refractivity contribution in [3.63, 3.8) is 0 Å². The molecule has 0 fully saturated rings. The Morgan fingerprint density at radius 3 is 2.62 bits per heavy atom. The second-order valence-electron chi connectivity index (χ2n) is 6.13. The van der Waals surface area contributed by atoms with Crippen molar-refractivity contribution < 1.29 is 22.7 Å². The molecule has 5 nitrogen and oxygen atoms in total. The third-order valence-corrected chi connectivity index (χ3v) is 5.30. The predicted octanol–water partition coefficient (Wildman–Crippen LogP) is 5.39. The number of fused-ring (bicyclic) bond motifs is 1. The molecule has 0 spiro atoms. The third kappa shape index (κ3) is 3.81. The van der Waals surface area contributed by atoms with E-state index in [1.54, 1.807) is 28.9 Å². The Bertz CT molecular complexity index is 1190. The Balaban J connectivity index is 1.66. The van der Waals surface area contributed by atoms with Crippen LogP contribution in [0.25, 0.3) is 15.9 Å². The van der Waals surface area contributed by atoms with Crippen molar-refractivity contribution in [1.29, 1.82) is 0 Å². The van der Waals surface area contributed by atoms with Gasteiger partial charge in [0.05, 0.1) is 21.9 Å². The molecule has 2 aromatic carbocycles. The summed E-state index contributed by atoms with van der Waals surface area (Å²) < 4.78 is 44.4. The number of halogens is 3. The zero-order chi connectivity index (χ0) is 20.5. The number of nitrogens with one attached hydrogen (secondary N) is 1. The minimum atomic E-state index is -3.00. The molecule has 4 aromatic rings. The summed E-state index contributed by atoms with van der Waals surface area (Å²) in [6.45, 7) is -1.19. The average molecular weight is 417 g/mol. The quantitative estimate of drug-likeness (QED) is 0.474. The first-order valence-electron chi connectivity index (χ1n) is 8.52. The monoisotopic (exact) mass is 417 g/mol. The fourth-order valence-electron chi connectivity index (χ4n) is 2.87. The van der Waals surface area contributed by atoms with E-state index in [0.29, 0.717) is 16.3 Å². The van der Waals surface area contributed by atoms with Gasteiger partial charge in [-0.2, -0.15) is 13.9 Å². The molecule has 2 aromatic heterocycles. The fraction of sp³-hybridized carbons (Fsp3) is 0.100. The Kier molecular flexibility index (Phi) is 4.98. The summed E-state index contributed by atoms with van der Waals surface area (Å²) in [6, 6.07) is 13.5. The van der Waals surface area contributed by atoms with E-state index in [9.17, 15) is 18.0 Å². The minimum absolute atomic E-state index is 0.120. The Morgan fingerprint density at radius 1 is 1.17 bits per heavy atom. The molecule has 29 heavy (non-hydrogen) atoms. The van der Waals surface area contributed by atoms with Crippen LogP contribution in [0.5, 0.6) is 5.75 Å². The highest BCUT2D eigenvalue weighted by atomic mass is 32.1. The number of thiophene rings is 1. The molecule has 1 N–H and O–H groups in total. The Hall–Kier alpha value is -3.33. The van der Waals surface area contributed by atoms with Crippen LogP contribution < -0.4 is 10.1 Å². The van der Waals surface area contributed by atoms with Crippen molar-refractivity contribution in [2.24, 2.45) is 0 Å². The summed E-state index contributed by atoms with van der Waals surface area (Å²) in [4.78, 5) is 13.8. The largest absolute Gasteiger partial charge is 0.433 e. The minimum Gasteiger partial charge on any atom is -0.433 e. The van der Waals surface area contributed by atoms with Crippen LogP contribution in [0, 0.1) is 12.7 Å². The molecular formula is C20H14F3N3O2S. The predicted molar refractivity (Wildman–Crippen MR) is 105 cm³/mol. The number of hydrogen-bond acceptors (Lipinski definition) is 4. The number of carbonyl (C=O) groups excluding carboxylic acids is 1. The number of alkyl halides is 2. The number of anilines is 1. The third-order valence-electron chi connectivity index (χ3n) is 4.19. The van der Waals surface area contributed by atoms with Crippen molar-refractivity contribution in [1.82, 2.24) is 9.78 Å². The first kappa shape index (κ1) is 19.0. The topological polar surface area (TPSA) is 56.2 Å². The Morgan fingerprint density at radius 2 is 1.90 bits per heavy atom. The van der Waals surface area contributed by atoms with Crippen molar-refractivity contribution in [2.45, 2.75) is 13.5 Å². The van der Waals surface area contributed by atoms with Crippen LogP contribution in [0.3, 0.4) is 0 Å². The van der Waals surface area contributed by atoms with Crippen LogP contribution in [-0.4, -0.2) is 22.3 Å². The Labute approximate surface area is 167 Å². The van der Waals surface area contributed by atoms with Gasteiger partial charge in [-0.3, -0.25) is 4.79 Å². The lowest BCUT2D eigenvalue weighted by Crippen LogP contribution is -2.12. The second-order valence-corrected chi connectivity index (χ2v) is 7.16. The highest BCUT2D eigenvalue weighted by molar-refractivity contribution is 7.20. The number of ether oxygens (including phenoxy) is 1. The number of rotatable bonds is 5. The average Bonchev–Trinajstić information content (AvgIpc) is 3.25. The van der Waals surface area contributed by atoms with Crippen LogP contribution in [0.4, 0.5) is 18.9 Å². The smallest absolute Gasteiger partial charge is 0.387 e. The van der Waals surface area contributed by atoms with E-state index in [4.69, 9.17) is 0 Å². The first-order valence-corrected chi connectivity index (χ1v) is 9.34. The van der Waals surface area contributed by atoms with Crippen LogP contribution in [-0.2, 0) is 0 Å². The van der Waals surface area contributed by atoms with Crippen molar-refractivity contribution in [3.05, 3.63) is 71.0 Å². The van der Waals surface area contributed by atoms with Gasteiger partial charge in [-0.05, 0) is 49.4 Å². The highest BCUT2D eigenvalue weighted by Crippen LogP contribution is 2.32. The number of aromatic nitrogens is 2. The molecular weight excluding hydrogens is 403 g/mol. The van der Waals surface area contributed by atoms with Crippen molar-refractivity contribution in [3.8, 4) is 11.4 Å². The number of carbonyl (C=O) groups is 1. The number of hydrogen-bond donors (Lipinski definition) is 1. The van der Waals surface area contributed by atoms with Gasteiger partial charge in [0.25, 0.3) is 5.91 Å². The van der Waals surface area contributed by atoms with E-state index >= 15 is 0 Å². The molecule has 0 atom stereocenters. The van der Waals surface area contributed by atoms with E-state index in [-0.39, 0.29) is 17.3 Å². The van der Waals surface area contributed by atoms with Gasteiger partial charge in [-0.1, -0.05) is 12.1 Å². The van der Waals surface area contributed by atoms with E-state index < -0.39 is 12.5 Å². The second kappa shape index (κ2) is 7.59. The molecule has 0 aliphatic rings. The molecule has 9 heteroatoms. The molecule has 0 saturated carbocycles. The van der Waals surface area contributed by atoms with Gasteiger partial charge in [-0.25, -0.2) is 9.07 Å². The van der Waals surface area contributed by atoms with Gasteiger partial charge in [-0.15, -0.1) is 11.3 Å². The number of benzene rings is 2. The zero-order valence-electron chi connectivity index (χ0n) is 15.0. The number of nitrogens with zero attached hydrogens (tertiary/aromatic N) is 2. The summed E-state index contributed by atoms with van der Waals surface area (Å²) in [5, 5.41) is 7.83. The van der Waals surface area contributed by atoms with Crippen LogP contribution in [0.1, 0.15) is 15.4 Å². The number of para-hydroxylation sites is 2. The maximum atomic E-state index is 13.2. The summed E-state index contributed by atoms with van der Waals surface area (Å²) in [5.74, 6) is -0.933. The van der Waals surface area contributed by atoms with Crippen LogP contribution in [0.2, 0.25) is 0 Å². The van der Waals surface area contributed by atoms with Gasteiger partial charge in [0.15, 0.2) is 0 Å². The number of amides is 1. The molecule has 2 heterocycles. The lowest BCUT2D eigenvalue weighted by molar-refractivity contribution is -0.0493. The molecule has 1 amide bonds. The maximum absolute atomic E-state index is 13.2. The summed E-state index contributed by atoms with van der Waals surface area (Å²) >= 11 is 1.20. The van der Waals surface area contributed by atoms with E-state index in [0.717, 1.165) is 10.2 Å². The molecule has 0 aliphatic carbocycles. The molecule has 0 aliphatic heterocycles. The maximum Gasteiger partial charge on any atom is 0.387 e. The molecule has 0 bridgehead atoms. The van der Waals surface area contributed by atoms with Gasteiger partial charge in [0.1, 0.15) is 16.4 Å². The van der Waals surface area contributed by atoms with Crippen molar-refractivity contribution >= 4 is 33.1 Å². The molecule has 0 radical (unpaired) electrons.